The first kappa shape index (κ1) is 14.6. The normalized spacial score (nSPS) is 33.9. The molecule has 1 aliphatic rings. The maximum absolute atomic E-state index is 5.97. The number of allylic oxidation sites excluding steroid dienone is 1. The van der Waals surface area contributed by atoms with Gasteiger partial charge in [-0.3, -0.25) is 0 Å². The summed E-state index contributed by atoms with van der Waals surface area (Å²) in [5.74, 6) is 3.89. The Bertz CT molecular complexity index is 242. The van der Waals surface area contributed by atoms with Gasteiger partial charge in [-0.1, -0.05) is 47.1 Å². The van der Waals surface area contributed by atoms with Gasteiger partial charge in [-0.25, -0.2) is 0 Å². The lowest BCUT2D eigenvalue weighted by Crippen LogP contribution is -2.35. The van der Waals surface area contributed by atoms with E-state index in [1.165, 1.54) is 32.1 Å². The summed E-state index contributed by atoms with van der Waals surface area (Å²) in [4.78, 5) is 0. The number of nitrogens with two attached hydrogens (primary N) is 1. The Labute approximate surface area is 108 Å². The lowest BCUT2D eigenvalue weighted by molar-refractivity contribution is 0.104. The first-order valence-corrected chi connectivity index (χ1v) is 7.45. The largest absolute Gasteiger partial charge is 0.402 e. The molecule has 1 aliphatic carbocycles. The summed E-state index contributed by atoms with van der Waals surface area (Å²) in [6, 6.07) is 0. The molecule has 0 spiro atoms. The SMILES string of the molecule is C=C(N)C1CCC(C)C(CC(CC)CC)C1C. The molecule has 1 rings (SSSR count). The highest BCUT2D eigenvalue weighted by Crippen LogP contribution is 2.43. The molecule has 2 N–H and O–H groups in total. The van der Waals surface area contributed by atoms with E-state index in [1.807, 2.05) is 0 Å². The second-order valence-corrected chi connectivity index (χ2v) is 6.18. The first-order chi connectivity index (χ1) is 8.01. The van der Waals surface area contributed by atoms with Gasteiger partial charge in [0.15, 0.2) is 0 Å². The first-order valence-electron chi connectivity index (χ1n) is 7.45. The van der Waals surface area contributed by atoms with Gasteiger partial charge < -0.3 is 5.73 Å². The Balaban J connectivity index is 2.69. The summed E-state index contributed by atoms with van der Waals surface area (Å²) in [6.07, 6.45) is 6.60. The third-order valence-electron chi connectivity index (χ3n) is 5.21. The van der Waals surface area contributed by atoms with E-state index in [1.54, 1.807) is 0 Å². The monoisotopic (exact) mass is 237 g/mol. The Kier molecular flexibility index (Phi) is 5.55. The third kappa shape index (κ3) is 3.50. The van der Waals surface area contributed by atoms with E-state index in [9.17, 15) is 0 Å². The summed E-state index contributed by atoms with van der Waals surface area (Å²) in [7, 11) is 0. The summed E-state index contributed by atoms with van der Waals surface area (Å²) in [6.45, 7) is 13.5. The molecular formula is C16H31N. The fourth-order valence-electron chi connectivity index (χ4n) is 3.71. The van der Waals surface area contributed by atoms with Gasteiger partial charge in [-0.15, -0.1) is 0 Å². The maximum Gasteiger partial charge on any atom is 0.00418 e. The van der Waals surface area contributed by atoms with Crippen molar-refractivity contribution >= 4 is 0 Å². The minimum Gasteiger partial charge on any atom is -0.402 e. The van der Waals surface area contributed by atoms with Crippen LogP contribution in [0.5, 0.6) is 0 Å². The van der Waals surface area contributed by atoms with Gasteiger partial charge in [-0.05, 0) is 42.9 Å². The van der Waals surface area contributed by atoms with Crippen molar-refractivity contribution in [3.63, 3.8) is 0 Å². The standard InChI is InChI=1S/C16H31N/c1-6-14(7-2)10-16-11(3)8-9-15(12(16)4)13(5)17/h11-12,14-16H,5-10,17H2,1-4H3. The predicted octanol–water partition coefficient (Wildman–Crippen LogP) is 4.58. The molecule has 1 heteroatoms. The molecule has 0 heterocycles. The zero-order chi connectivity index (χ0) is 13.0. The average Bonchev–Trinajstić information content (AvgIpc) is 2.29. The van der Waals surface area contributed by atoms with Gasteiger partial charge in [-0.2, -0.15) is 0 Å². The smallest absolute Gasteiger partial charge is 0.00418 e. The molecule has 4 unspecified atom stereocenters. The number of hydrogen-bond acceptors (Lipinski definition) is 1. The Morgan fingerprint density at radius 1 is 1.24 bits per heavy atom. The van der Waals surface area contributed by atoms with E-state index in [2.05, 4.69) is 34.3 Å². The van der Waals surface area contributed by atoms with Crippen molar-refractivity contribution in [1.29, 1.82) is 0 Å². The predicted molar refractivity (Wildman–Crippen MR) is 76.6 cm³/mol. The summed E-state index contributed by atoms with van der Waals surface area (Å²) in [5, 5.41) is 0. The number of hydrogen-bond donors (Lipinski definition) is 1. The van der Waals surface area contributed by atoms with Gasteiger partial charge in [0.2, 0.25) is 0 Å². The van der Waals surface area contributed by atoms with Gasteiger partial charge >= 0.3 is 0 Å². The van der Waals surface area contributed by atoms with Gasteiger partial charge in [0.1, 0.15) is 0 Å². The van der Waals surface area contributed by atoms with Crippen LogP contribution >= 0.6 is 0 Å². The van der Waals surface area contributed by atoms with Crippen molar-refractivity contribution in [2.45, 2.75) is 59.8 Å². The number of rotatable bonds is 5. The van der Waals surface area contributed by atoms with Crippen LogP contribution in [0.3, 0.4) is 0 Å². The third-order valence-corrected chi connectivity index (χ3v) is 5.21. The van der Waals surface area contributed by atoms with Crippen LogP contribution in [0.1, 0.15) is 59.8 Å². The molecule has 1 saturated carbocycles. The highest BCUT2D eigenvalue weighted by Gasteiger charge is 2.35. The molecule has 0 saturated heterocycles. The van der Waals surface area contributed by atoms with Crippen molar-refractivity contribution in [3.8, 4) is 0 Å². The van der Waals surface area contributed by atoms with Crippen molar-refractivity contribution in [1.82, 2.24) is 0 Å². The van der Waals surface area contributed by atoms with Crippen LogP contribution in [0, 0.1) is 29.6 Å². The Hall–Kier alpha value is -0.460. The second kappa shape index (κ2) is 6.47. The molecule has 0 aromatic heterocycles. The van der Waals surface area contributed by atoms with Crippen molar-refractivity contribution in [3.05, 3.63) is 12.3 Å². The highest BCUT2D eigenvalue weighted by molar-refractivity contribution is 5.01. The Morgan fingerprint density at radius 2 is 1.82 bits per heavy atom. The molecule has 0 aliphatic heterocycles. The van der Waals surface area contributed by atoms with Crippen LogP contribution in [0.15, 0.2) is 12.3 Å². The topological polar surface area (TPSA) is 26.0 Å². The molecule has 0 radical (unpaired) electrons. The Morgan fingerprint density at radius 3 is 2.29 bits per heavy atom. The van der Waals surface area contributed by atoms with E-state index >= 15 is 0 Å². The average molecular weight is 237 g/mol. The molecule has 0 aromatic carbocycles. The van der Waals surface area contributed by atoms with Crippen LogP contribution < -0.4 is 5.73 Å². The molecule has 100 valence electrons. The van der Waals surface area contributed by atoms with E-state index in [4.69, 9.17) is 5.73 Å². The van der Waals surface area contributed by atoms with Crippen LogP contribution in [0.25, 0.3) is 0 Å². The van der Waals surface area contributed by atoms with Gasteiger partial charge in [0, 0.05) is 11.6 Å². The highest BCUT2D eigenvalue weighted by atomic mass is 14.6. The molecule has 0 aromatic rings. The van der Waals surface area contributed by atoms with E-state index in [-0.39, 0.29) is 0 Å². The van der Waals surface area contributed by atoms with Crippen LogP contribution in [0.2, 0.25) is 0 Å². The summed E-state index contributed by atoms with van der Waals surface area (Å²) in [5.41, 5.74) is 6.88. The van der Waals surface area contributed by atoms with Crippen molar-refractivity contribution in [2.75, 3.05) is 0 Å². The molecule has 17 heavy (non-hydrogen) atoms. The van der Waals surface area contributed by atoms with Crippen LogP contribution in [-0.2, 0) is 0 Å². The zero-order valence-corrected chi connectivity index (χ0v) is 12.2. The molecular weight excluding hydrogens is 206 g/mol. The van der Waals surface area contributed by atoms with E-state index in [0.29, 0.717) is 5.92 Å². The maximum atomic E-state index is 5.97. The molecule has 1 nitrogen and oxygen atoms in total. The van der Waals surface area contributed by atoms with E-state index in [0.717, 1.165) is 29.4 Å². The second-order valence-electron chi connectivity index (χ2n) is 6.18. The fraction of sp³-hybridized carbons (Fsp3) is 0.875. The molecule has 0 bridgehead atoms. The van der Waals surface area contributed by atoms with Crippen molar-refractivity contribution in [2.24, 2.45) is 35.3 Å². The van der Waals surface area contributed by atoms with Crippen LogP contribution in [-0.4, -0.2) is 0 Å². The summed E-state index contributed by atoms with van der Waals surface area (Å²) >= 11 is 0. The minimum absolute atomic E-state index is 0.561. The fourth-order valence-corrected chi connectivity index (χ4v) is 3.71. The molecule has 1 fully saturated rings. The minimum atomic E-state index is 0.561. The summed E-state index contributed by atoms with van der Waals surface area (Å²) < 4.78 is 0. The molecule has 4 atom stereocenters. The lowest BCUT2D eigenvalue weighted by Gasteiger charge is -2.42. The zero-order valence-electron chi connectivity index (χ0n) is 12.2. The van der Waals surface area contributed by atoms with Crippen molar-refractivity contribution < 1.29 is 0 Å². The van der Waals surface area contributed by atoms with E-state index < -0.39 is 0 Å². The molecule has 0 amide bonds. The van der Waals surface area contributed by atoms with Crippen LogP contribution in [0.4, 0.5) is 0 Å². The van der Waals surface area contributed by atoms with Gasteiger partial charge in [0.05, 0.1) is 0 Å². The quantitative estimate of drug-likeness (QED) is 0.744. The lowest BCUT2D eigenvalue weighted by atomic mass is 9.64. The van der Waals surface area contributed by atoms with Gasteiger partial charge in [0.25, 0.3) is 0 Å².